The maximum absolute atomic E-state index is 13.1. The Kier molecular flexibility index (Phi) is 3.97. The Hall–Kier alpha value is -1.16. The molecular formula is C15H19FN2S. The molecule has 1 fully saturated rings. The number of benzene rings is 1. The monoisotopic (exact) mass is 278 g/mol. The normalized spacial score (nSPS) is 16.9. The van der Waals surface area contributed by atoms with Crippen molar-refractivity contribution in [3.63, 3.8) is 0 Å². The molecule has 1 aromatic heterocycles. The van der Waals surface area contributed by atoms with E-state index in [1.807, 2.05) is 0 Å². The third-order valence-corrected chi connectivity index (χ3v) is 4.88. The van der Waals surface area contributed by atoms with Gasteiger partial charge in [0.15, 0.2) is 5.13 Å². The lowest BCUT2D eigenvalue weighted by molar-refractivity contribution is 0.345. The van der Waals surface area contributed by atoms with Crippen LogP contribution in [-0.2, 0) is 0 Å². The molecule has 19 heavy (non-hydrogen) atoms. The van der Waals surface area contributed by atoms with E-state index in [4.69, 9.17) is 0 Å². The van der Waals surface area contributed by atoms with Crippen molar-refractivity contribution in [3.05, 3.63) is 24.0 Å². The predicted octanol–water partition coefficient (Wildman–Crippen LogP) is 4.82. The van der Waals surface area contributed by atoms with Crippen LogP contribution < -0.4 is 5.32 Å². The van der Waals surface area contributed by atoms with Crippen LogP contribution in [0.5, 0.6) is 0 Å². The predicted molar refractivity (Wildman–Crippen MR) is 79.3 cm³/mol. The van der Waals surface area contributed by atoms with Crippen LogP contribution in [0, 0.1) is 11.7 Å². The third-order valence-electron chi connectivity index (χ3n) is 3.90. The number of fused-ring (bicyclic) bond motifs is 1. The Balaban J connectivity index is 1.56. The van der Waals surface area contributed by atoms with Crippen molar-refractivity contribution in [1.29, 1.82) is 0 Å². The fraction of sp³-hybridized carbons (Fsp3) is 0.533. The fourth-order valence-corrected chi connectivity index (χ4v) is 3.75. The number of halogens is 1. The van der Waals surface area contributed by atoms with Crippen molar-refractivity contribution in [3.8, 4) is 0 Å². The van der Waals surface area contributed by atoms with E-state index >= 15 is 0 Å². The molecule has 0 bridgehead atoms. The quantitative estimate of drug-likeness (QED) is 0.867. The molecule has 102 valence electrons. The Labute approximate surface area is 117 Å². The van der Waals surface area contributed by atoms with Crippen molar-refractivity contribution in [2.24, 2.45) is 5.92 Å². The Morgan fingerprint density at radius 3 is 2.95 bits per heavy atom. The lowest BCUT2D eigenvalue weighted by Gasteiger charge is -2.21. The molecule has 1 aromatic carbocycles. The largest absolute Gasteiger partial charge is 0.361 e. The average molecular weight is 278 g/mol. The summed E-state index contributed by atoms with van der Waals surface area (Å²) in [7, 11) is 0. The highest BCUT2D eigenvalue weighted by molar-refractivity contribution is 7.22. The lowest BCUT2D eigenvalue weighted by atomic mass is 9.87. The highest BCUT2D eigenvalue weighted by Gasteiger charge is 2.13. The van der Waals surface area contributed by atoms with Gasteiger partial charge in [0, 0.05) is 6.54 Å². The Morgan fingerprint density at radius 2 is 2.11 bits per heavy atom. The second-order valence-electron chi connectivity index (χ2n) is 5.35. The molecule has 4 heteroatoms. The van der Waals surface area contributed by atoms with Crippen molar-refractivity contribution in [2.75, 3.05) is 11.9 Å². The Morgan fingerprint density at radius 1 is 1.26 bits per heavy atom. The average Bonchev–Trinajstić information content (AvgIpc) is 2.82. The number of rotatable bonds is 4. The number of nitrogens with zero attached hydrogens (tertiary/aromatic N) is 1. The second-order valence-corrected chi connectivity index (χ2v) is 6.38. The second kappa shape index (κ2) is 5.87. The van der Waals surface area contributed by atoms with Gasteiger partial charge in [-0.15, -0.1) is 0 Å². The molecule has 1 saturated carbocycles. The van der Waals surface area contributed by atoms with E-state index in [1.165, 1.54) is 55.9 Å². The molecule has 2 nitrogen and oxygen atoms in total. The van der Waals surface area contributed by atoms with Gasteiger partial charge in [-0.25, -0.2) is 9.37 Å². The summed E-state index contributed by atoms with van der Waals surface area (Å²) in [6.45, 7) is 0.979. The van der Waals surface area contributed by atoms with Crippen LogP contribution in [0.1, 0.15) is 38.5 Å². The number of aromatic nitrogens is 1. The van der Waals surface area contributed by atoms with Gasteiger partial charge in [-0.1, -0.05) is 43.4 Å². The first-order valence-corrected chi connectivity index (χ1v) is 7.93. The molecule has 2 aromatic rings. The molecular weight excluding hydrogens is 259 g/mol. The fourth-order valence-electron chi connectivity index (χ4n) is 2.83. The minimum absolute atomic E-state index is 0.190. The summed E-state index contributed by atoms with van der Waals surface area (Å²) in [5.74, 6) is 0.693. The first-order valence-electron chi connectivity index (χ1n) is 7.11. The van der Waals surface area contributed by atoms with Crippen LogP contribution in [0.3, 0.4) is 0 Å². The molecule has 0 aliphatic heterocycles. The summed E-state index contributed by atoms with van der Waals surface area (Å²) >= 11 is 1.54. The van der Waals surface area contributed by atoms with Crippen molar-refractivity contribution < 1.29 is 4.39 Å². The molecule has 0 unspecified atom stereocenters. The van der Waals surface area contributed by atoms with Crippen LogP contribution in [-0.4, -0.2) is 11.5 Å². The zero-order chi connectivity index (χ0) is 13.1. The van der Waals surface area contributed by atoms with Gasteiger partial charge in [-0.2, -0.15) is 0 Å². The summed E-state index contributed by atoms with van der Waals surface area (Å²) in [5, 5.41) is 4.30. The summed E-state index contributed by atoms with van der Waals surface area (Å²) in [5.41, 5.74) is 0.881. The number of nitrogens with one attached hydrogen (secondary N) is 1. The maximum Gasteiger partial charge on any atom is 0.183 e. The van der Waals surface area contributed by atoms with Crippen molar-refractivity contribution >= 4 is 26.7 Å². The third kappa shape index (κ3) is 3.24. The molecule has 0 atom stereocenters. The topological polar surface area (TPSA) is 24.9 Å². The van der Waals surface area contributed by atoms with E-state index in [0.717, 1.165) is 27.8 Å². The maximum atomic E-state index is 13.1. The van der Waals surface area contributed by atoms with Gasteiger partial charge in [-0.05, 0) is 30.5 Å². The smallest absolute Gasteiger partial charge is 0.183 e. The van der Waals surface area contributed by atoms with Gasteiger partial charge in [-0.3, -0.25) is 0 Å². The van der Waals surface area contributed by atoms with Crippen molar-refractivity contribution in [1.82, 2.24) is 4.98 Å². The van der Waals surface area contributed by atoms with Gasteiger partial charge in [0.1, 0.15) is 5.82 Å². The van der Waals surface area contributed by atoms with Gasteiger partial charge in [0.05, 0.1) is 10.2 Å². The number of hydrogen-bond donors (Lipinski definition) is 1. The van der Waals surface area contributed by atoms with E-state index in [9.17, 15) is 4.39 Å². The SMILES string of the molecule is Fc1ccc2nc(NCCC3CCCCC3)sc2c1. The van der Waals surface area contributed by atoms with E-state index in [2.05, 4.69) is 10.3 Å². The van der Waals surface area contributed by atoms with Crippen LogP contribution >= 0.6 is 11.3 Å². The molecule has 1 aliphatic rings. The molecule has 1 aliphatic carbocycles. The van der Waals surface area contributed by atoms with Crippen LogP contribution in [0.15, 0.2) is 18.2 Å². The van der Waals surface area contributed by atoms with Crippen LogP contribution in [0.4, 0.5) is 9.52 Å². The Bertz CT molecular complexity index is 546. The minimum atomic E-state index is -0.190. The van der Waals surface area contributed by atoms with Crippen molar-refractivity contribution in [2.45, 2.75) is 38.5 Å². The molecule has 1 heterocycles. The number of hydrogen-bond acceptors (Lipinski definition) is 3. The molecule has 0 amide bonds. The highest BCUT2D eigenvalue weighted by Crippen LogP contribution is 2.28. The molecule has 0 saturated heterocycles. The van der Waals surface area contributed by atoms with Gasteiger partial charge in [0.25, 0.3) is 0 Å². The van der Waals surface area contributed by atoms with Gasteiger partial charge < -0.3 is 5.32 Å². The minimum Gasteiger partial charge on any atom is -0.361 e. The molecule has 0 spiro atoms. The van der Waals surface area contributed by atoms with Gasteiger partial charge in [0.2, 0.25) is 0 Å². The zero-order valence-electron chi connectivity index (χ0n) is 11.0. The standard InChI is InChI=1S/C15H19FN2S/c16-12-6-7-13-14(10-12)19-15(18-13)17-9-8-11-4-2-1-3-5-11/h6-7,10-11H,1-5,8-9H2,(H,17,18). The first-order chi connectivity index (χ1) is 9.31. The molecule has 1 N–H and O–H groups in total. The van der Waals surface area contributed by atoms with E-state index in [-0.39, 0.29) is 5.82 Å². The van der Waals surface area contributed by atoms with E-state index in [0.29, 0.717) is 0 Å². The van der Waals surface area contributed by atoms with Crippen LogP contribution in [0.25, 0.3) is 10.2 Å². The lowest BCUT2D eigenvalue weighted by Crippen LogP contribution is -2.11. The zero-order valence-corrected chi connectivity index (χ0v) is 11.8. The van der Waals surface area contributed by atoms with Crippen LogP contribution in [0.2, 0.25) is 0 Å². The number of anilines is 1. The van der Waals surface area contributed by atoms with E-state index < -0.39 is 0 Å². The summed E-state index contributed by atoms with van der Waals surface area (Å²) in [6.07, 6.45) is 8.19. The molecule has 3 rings (SSSR count). The summed E-state index contributed by atoms with van der Waals surface area (Å²) in [6, 6.07) is 4.76. The summed E-state index contributed by atoms with van der Waals surface area (Å²) < 4.78 is 14.0. The number of thiazole rings is 1. The first kappa shape index (κ1) is 12.9. The van der Waals surface area contributed by atoms with Gasteiger partial charge >= 0.3 is 0 Å². The molecule has 0 radical (unpaired) electrons. The highest BCUT2D eigenvalue weighted by atomic mass is 32.1. The van der Waals surface area contributed by atoms with E-state index in [1.54, 1.807) is 12.1 Å². The summed E-state index contributed by atoms with van der Waals surface area (Å²) in [4.78, 5) is 4.48.